The van der Waals surface area contributed by atoms with Gasteiger partial charge in [-0.3, -0.25) is 4.99 Å². The fourth-order valence-corrected chi connectivity index (χ4v) is 4.05. The average molecular weight is 549 g/mol. The molecule has 0 saturated carbocycles. The molecule has 9 heteroatoms. The zero-order valence-corrected chi connectivity index (χ0v) is 20.6. The molecule has 0 aromatic heterocycles. The summed E-state index contributed by atoms with van der Waals surface area (Å²) in [7, 11) is -2.09. The number of nitrogens with zero attached hydrogens (tertiary/aromatic N) is 1. The molecule has 2 aromatic rings. The summed E-state index contributed by atoms with van der Waals surface area (Å²) in [6.07, 6.45) is 0.725. The zero-order valence-electron chi connectivity index (χ0n) is 17.4. The monoisotopic (exact) mass is 549 g/mol. The minimum absolute atomic E-state index is 0. The summed E-state index contributed by atoms with van der Waals surface area (Å²) >= 11 is 0. The molecule has 30 heavy (non-hydrogen) atoms. The normalized spacial score (nSPS) is 11.5. The van der Waals surface area contributed by atoms with E-state index in [-0.39, 0.29) is 41.2 Å². The summed E-state index contributed by atoms with van der Waals surface area (Å²) in [5.41, 5.74) is 2.23. The Kier molecular flexibility index (Phi) is 11.1. The third-order valence-electron chi connectivity index (χ3n) is 4.27. The van der Waals surface area contributed by atoms with E-state index in [4.69, 9.17) is 4.74 Å². The molecule has 0 aliphatic carbocycles. The summed E-state index contributed by atoms with van der Waals surface area (Å²) in [5, 5.41) is 6.28. The molecule has 2 rings (SSSR count). The maximum atomic E-state index is 13.8. The zero-order chi connectivity index (χ0) is 21.3. The number of nitrogens with one attached hydrogen (secondary N) is 2. The fraction of sp³-hybridized carbons (Fsp3) is 0.381. The molecule has 6 nitrogen and oxygen atoms in total. The lowest BCUT2D eigenvalue weighted by molar-refractivity contribution is 0.409. The Balaban J connectivity index is 0.00000450. The topological polar surface area (TPSA) is 79.8 Å². The third-order valence-corrected chi connectivity index (χ3v) is 5.99. The largest absolute Gasteiger partial charge is 0.496 e. The smallest absolute Gasteiger partial charge is 0.191 e. The molecule has 2 aromatic carbocycles. The van der Waals surface area contributed by atoms with Gasteiger partial charge in [0.05, 0.1) is 19.4 Å². The molecular weight excluding hydrogens is 520 g/mol. The van der Waals surface area contributed by atoms with Crippen LogP contribution in [0.3, 0.4) is 0 Å². The third kappa shape index (κ3) is 7.75. The predicted octanol–water partition coefficient (Wildman–Crippen LogP) is 3.33. The number of sulfone groups is 1. The molecule has 0 aliphatic heterocycles. The Morgan fingerprint density at radius 2 is 1.90 bits per heavy atom. The Hall–Kier alpha value is -1.88. The lowest BCUT2D eigenvalue weighted by Crippen LogP contribution is -2.38. The van der Waals surface area contributed by atoms with E-state index in [9.17, 15) is 12.8 Å². The van der Waals surface area contributed by atoms with Crippen molar-refractivity contribution >= 4 is 39.8 Å². The standard InChI is InChI=1S/C21H28FN3O3S.HI/c1-4-23-21(24-12-11-17-15-16(2)9-10-19(17)28-3)25-13-14-29(26,27)20-8-6-5-7-18(20)22;/h5-10,15H,4,11-14H2,1-3H3,(H2,23,24,25);1H. The minimum Gasteiger partial charge on any atom is -0.496 e. The summed E-state index contributed by atoms with van der Waals surface area (Å²) < 4.78 is 43.8. The van der Waals surface area contributed by atoms with E-state index < -0.39 is 15.7 Å². The highest BCUT2D eigenvalue weighted by molar-refractivity contribution is 14.0. The van der Waals surface area contributed by atoms with Gasteiger partial charge in [-0.15, -0.1) is 24.0 Å². The molecular formula is C21H29FIN3O3S. The second-order valence-electron chi connectivity index (χ2n) is 6.50. The molecule has 0 bridgehead atoms. The molecule has 0 atom stereocenters. The van der Waals surface area contributed by atoms with E-state index in [2.05, 4.69) is 21.7 Å². The second-order valence-corrected chi connectivity index (χ2v) is 8.58. The van der Waals surface area contributed by atoms with Gasteiger partial charge in [0.25, 0.3) is 0 Å². The molecule has 0 spiro atoms. The number of methoxy groups -OCH3 is 1. The van der Waals surface area contributed by atoms with E-state index in [0.29, 0.717) is 19.0 Å². The Bertz CT molecular complexity index is 952. The number of hydrogen-bond donors (Lipinski definition) is 2. The first kappa shape index (κ1) is 26.2. The Morgan fingerprint density at radius 3 is 2.57 bits per heavy atom. The van der Waals surface area contributed by atoms with Gasteiger partial charge >= 0.3 is 0 Å². The first-order chi connectivity index (χ1) is 13.9. The van der Waals surface area contributed by atoms with Crippen LogP contribution in [0.4, 0.5) is 4.39 Å². The van der Waals surface area contributed by atoms with Crippen molar-refractivity contribution in [2.75, 3.05) is 32.5 Å². The summed E-state index contributed by atoms with van der Waals surface area (Å²) in [5.74, 6) is 0.336. The van der Waals surface area contributed by atoms with Crippen LogP contribution in [-0.4, -0.2) is 46.9 Å². The number of benzene rings is 2. The highest BCUT2D eigenvalue weighted by Gasteiger charge is 2.18. The first-order valence-electron chi connectivity index (χ1n) is 9.50. The van der Waals surface area contributed by atoms with E-state index in [0.717, 1.165) is 29.4 Å². The highest BCUT2D eigenvalue weighted by Crippen LogP contribution is 2.19. The number of hydrogen-bond acceptors (Lipinski definition) is 4. The number of rotatable bonds is 9. The first-order valence-corrected chi connectivity index (χ1v) is 11.2. The molecule has 0 heterocycles. The molecule has 0 amide bonds. The van der Waals surface area contributed by atoms with Gasteiger partial charge < -0.3 is 15.4 Å². The number of ether oxygens (including phenoxy) is 1. The van der Waals surface area contributed by atoms with Gasteiger partial charge in [0.15, 0.2) is 15.8 Å². The Morgan fingerprint density at radius 1 is 1.17 bits per heavy atom. The van der Waals surface area contributed by atoms with E-state index >= 15 is 0 Å². The van der Waals surface area contributed by atoms with Crippen molar-refractivity contribution in [1.29, 1.82) is 0 Å². The maximum absolute atomic E-state index is 13.8. The number of aliphatic imine (C=N–C) groups is 1. The lowest BCUT2D eigenvalue weighted by Gasteiger charge is -2.13. The van der Waals surface area contributed by atoms with E-state index in [1.54, 1.807) is 7.11 Å². The quantitative estimate of drug-likeness (QED) is 0.285. The van der Waals surface area contributed by atoms with Crippen LogP contribution in [-0.2, 0) is 16.3 Å². The van der Waals surface area contributed by atoms with Crippen LogP contribution < -0.4 is 15.4 Å². The van der Waals surface area contributed by atoms with Crippen molar-refractivity contribution in [3.05, 3.63) is 59.4 Å². The second kappa shape index (κ2) is 12.7. The van der Waals surface area contributed by atoms with Gasteiger partial charge in [-0.1, -0.05) is 29.8 Å². The highest BCUT2D eigenvalue weighted by atomic mass is 127. The molecule has 2 N–H and O–H groups in total. The van der Waals surface area contributed by atoms with Gasteiger partial charge in [-0.05, 0) is 44.0 Å². The lowest BCUT2D eigenvalue weighted by atomic mass is 10.1. The Labute approximate surface area is 195 Å². The van der Waals surface area contributed by atoms with Gasteiger partial charge in [0, 0.05) is 13.1 Å². The SMILES string of the molecule is CCNC(=NCCS(=O)(=O)c1ccccc1F)NCCc1cc(C)ccc1OC.I. The van der Waals surface area contributed by atoms with Crippen molar-refractivity contribution in [1.82, 2.24) is 10.6 Å². The van der Waals surface area contributed by atoms with Crippen LogP contribution in [0.25, 0.3) is 0 Å². The van der Waals surface area contributed by atoms with Crippen LogP contribution in [0, 0.1) is 12.7 Å². The van der Waals surface area contributed by atoms with Crippen molar-refractivity contribution in [3.63, 3.8) is 0 Å². The summed E-state index contributed by atoms with van der Waals surface area (Å²) in [6.45, 7) is 5.22. The van der Waals surface area contributed by atoms with Crippen molar-refractivity contribution in [2.45, 2.75) is 25.2 Å². The van der Waals surface area contributed by atoms with E-state index in [1.807, 2.05) is 26.0 Å². The van der Waals surface area contributed by atoms with Gasteiger partial charge in [-0.25, -0.2) is 12.8 Å². The van der Waals surface area contributed by atoms with Crippen LogP contribution in [0.15, 0.2) is 52.4 Å². The van der Waals surface area contributed by atoms with Crippen molar-refractivity contribution in [3.8, 4) is 5.75 Å². The fourth-order valence-electron chi connectivity index (χ4n) is 2.84. The number of guanidine groups is 1. The van der Waals surface area contributed by atoms with E-state index in [1.165, 1.54) is 18.2 Å². The van der Waals surface area contributed by atoms with Crippen LogP contribution in [0.1, 0.15) is 18.1 Å². The summed E-state index contributed by atoms with van der Waals surface area (Å²) in [6, 6.07) is 11.4. The molecule has 166 valence electrons. The minimum atomic E-state index is -3.73. The van der Waals surface area contributed by atoms with Gasteiger partial charge in [0.2, 0.25) is 0 Å². The molecule has 0 saturated heterocycles. The molecule has 0 unspecified atom stereocenters. The van der Waals surface area contributed by atoms with Crippen LogP contribution >= 0.6 is 24.0 Å². The molecule has 0 fully saturated rings. The van der Waals surface area contributed by atoms with Crippen LogP contribution in [0.5, 0.6) is 5.75 Å². The average Bonchev–Trinajstić information content (AvgIpc) is 2.68. The van der Waals surface area contributed by atoms with Gasteiger partial charge in [0.1, 0.15) is 16.5 Å². The van der Waals surface area contributed by atoms with Crippen molar-refractivity contribution in [2.24, 2.45) is 4.99 Å². The molecule has 0 radical (unpaired) electrons. The molecule has 0 aliphatic rings. The summed E-state index contributed by atoms with van der Waals surface area (Å²) in [4.78, 5) is 4.01. The van der Waals surface area contributed by atoms with Gasteiger partial charge in [-0.2, -0.15) is 0 Å². The van der Waals surface area contributed by atoms with Crippen LogP contribution in [0.2, 0.25) is 0 Å². The number of halogens is 2. The maximum Gasteiger partial charge on any atom is 0.191 e. The predicted molar refractivity (Wildman–Crippen MR) is 129 cm³/mol. The van der Waals surface area contributed by atoms with Crippen molar-refractivity contribution < 1.29 is 17.5 Å². The number of aryl methyl sites for hydroxylation is 1.